The lowest BCUT2D eigenvalue weighted by Gasteiger charge is -2.27. The van der Waals surface area contributed by atoms with Crippen molar-refractivity contribution < 1.29 is 0 Å². The third kappa shape index (κ3) is 2.65. The number of hydrogen-bond donors (Lipinski definition) is 1. The molecule has 1 saturated heterocycles. The molecule has 0 radical (unpaired) electrons. The molecule has 0 atom stereocenters. The first-order valence-electron chi connectivity index (χ1n) is 7.09. The van der Waals surface area contributed by atoms with E-state index < -0.39 is 0 Å². The lowest BCUT2D eigenvalue weighted by atomic mass is 10.0. The Bertz CT molecular complexity index is 586. The predicted molar refractivity (Wildman–Crippen MR) is 82.0 cm³/mol. The molecule has 0 bridgehead atoms. The second-order valence-electron chi connectivity index (χ2n) is 5.33. The van der Waals surface area contributed by atoms with Crippen LogP contribution in [0.5, 0.6) is 0 Å². The summed E-state index contributed by atoms with van der Waals surface area (Å²) in [5.41, 5.74) is 4.83. The van der Waals surface area contributed by atoms with Crippen molar-refractivity contribution in [2.75, 3.05) is 31.1 Å². The maximum Gasteiger partial charge on any atom is 0.225 e. The van der Waals surface area contributed by atoms with Crippen molar-refractivity contribution in [3.05, 3.63) is 41.7 Å². The molecule has 0 saturated carbocycles. The quantitative estimate of drug-likeness (QED) is 0.906. The minimum Gasteiger partial charge on any atom is -0.338 e. The van der Waals surface area contributed by atoms with E-state index in [1.54, 1.807) is 0 Å². The van der Waals surface area contributed by atoms with Crippen LogP contribution >= 0.6 is 0 Å². The molecule has 1 aliphatic rings. The molecule has 2 heterocycles. The van der Waals surface area contributed by atoms with Crippen LogP contribution in [-0.2, 0) is 0 Å². The summed E-state index contributed by atoms with van der Waals surface area (Å²) in [5, 5.41) is 3.34. The fraction of sp³-hybridized carbons (Fsp3) is 0.375. The smallest absolute Gasteiger partial charge is 0.225 e. The minimum atomic E-state index is 0.834. The third-order valence-electron chi connectivity index (χ3n) is 3.74. The Kier molecular flexibility index (Phi) is 3.65. The highest BCUT2D eigenvalue weighted by atomic mass is 15.3. The molecule has 1 aromatic heterocycles. The van der Waals surface area contributed by atoms with Crippen LogP contribution in [0.4, 0.5) is 5.95 Å². The van der Waals surface area contributed by atoms with Crippen LogP contribution in [0.25, 0.3) is 11.1 Å². The first-order chi connectivity index (χ1) is 9.74. The van der Waals surface area contributed by atoms with Crippen molar-refractivity contribution in [1.82, 2.24) is 15.3 Å². The Morgan fingerprint density at radius 2 is 1.75 bits per heavy atom. The van der Waals surface area contributed by atoms with Crippen molar-refractivity contribution in [2.24, 2.45) is 0 Å². The molecule has 1 N–H and O–H groups in total. The van der Waals surface area contributed by atoms with Gasteiger partial charge in [0.1, 0.15) is 0 Å². The van der Waals surface area contributed by atoms with Gasteiger partial charge in [0.05, 0.1) is 0 Å². The number of benzene rings is 1. The SMILES string of the molecule is Cc1ccc(C)c(-c2cnc(N3CCNCC3)nc2)c1. The van der Waals surface area contributed by atoms with E-state index in [-0.39, 0.29) is 0 Å². The van der Waals surface area contributed by atoms with Crippen LogP contribution in [0.1, 0.15) is 11.1 Å². The highest BCUT2D eigenvalue weighted by Gasteiger charge is 2.13. The van der Waals surface area contributed by atoms with Gasteiger partial charge < -0.3 is 10.2 Å². The number of hydrogen-bond acceptors (Lipinski definition) is 4. The first kappa shape index (κ1) is 13.1. The van der Waals surface area contributed by atoms with Gasteiger partial charge in [-0.05, 0) is 25.0 Å². The van der Waals surface area contributed by atoms with E-state index >= 15 is 0 Å². The van der Waals surface area contributed by atoms with Gasteiger partial charge in [0.15, 0.2) is 0 Å². The zero-order valence-electron chi connectivity index (χ0n) is 12.1. The molecule has 2 aromatic rings. The zero-order chi connectivity index (χ0) is 13.9. The molecular formula is C16H20N4. The topological polar surface area (TPSA) is 41.1 Å². The second-order valence-corrected chi connectivity index (χ2v) is 5.33. The van der Waals surface area contributed by atoms with Gasteiger partial charge in [0, 0.05) is 44.1 Å². The Morgan fingerprint density at radius 3 is 2.45 bits per heavy atom. The van der Waals surface area contributed by atoms with Gasteiger partial charge in [-0.25, -0.2) is 9.97 Å². The van der Waals surface area contributed by atoms with Crippen LogP contribution in [0, 0.1) is 13.8 Å². The number of anilines is 1. The number of piperazine rings is 1. The monoisotopic (exact) mass is 268 g/mol. The largest absolute Gasteiger partial charge is 0.338 e. The van der Waals surface area contributed by atoms with Gasteiger partial charge in [-0.15, -0.1) is 0 Å². The Morgan fingerprint density at radius 1 is 1.05 bits per heavy atom. The molecular weight excluding hydrogens is 248 g/mol. The van der Waals surface area contributed by atoms with E-state index in [1.165, 1.54) is 16.7 Å². The summed E-state index contributed by atoms with van der Waals surface area (Å²) in [5.74, 6) is 0.834. The van der Waals surface area contributed by atoms with Crippen molar-refractivity contribution in [2.45, 2.75) is 13.8 Å². The predicted octanol–water partition coefficient (Wildman–Crippen LogP) is 2.17. The molecule has 1 aliphatic heterocycles. The van der Waals surface area contributed by atoms with Crippen molar-refractivity contribution >= 4 is 5.95 Å². The van der Waals surface area contributed by atoms with Gasteiger partial charge in [0.2, 0.25) is 5.95 Å². The average Bonchev–Trinajstić information content (AvgIpc) is 2.51. The van der Waals surface area contributed by atoms with E-state index in [0.29, 0.717) is 0 Å². The summed E-state index contributed by atoms with van der Waals surface area (Å²) < 4.78 is 0. The summed E-state index contributed by atoms with van der Waals surface area (Å²) >= 11 is 0. The van der Waals surface area contributed by atoms with Gasteiger partial charge >= 0.3 is 0 Å². The molecule has 104 valence electrons. The molecule has 3 rings (SSSR count). The van der Waals surface area contributed by atoms with Gasteiger partial charge in [-0.2, -0.15) is 0 Å². The minimum absolute atomic E-state index is 0.834. The lowest BCUT2D eigenvalue weighted by molar-refractivity contribution is 0.580. The fourth-order valence-corrected chi connectivity index (χ4v) is 2.54. The average molecular weight is 268 g/mol. The first-order valence-corrected chi connectivity index (χ1v) is 7.09. The molecule has 1 aromatic carbocycles. The summed E-state index contributed by atoms with van der Waals surface area (Å²) in [6.45, 7) is 8.19. The highest BCUT2D eigenvalue weighted by molar-refractivity contribution is 5.66. The Labute approximate surface area is 119 Å². The maximum absolute atomic E-state index is 4.54. The Balaban J connectivity index is 1.87. The van der Waals surface area contributed by atoms with E-state index in [2.05, 4.69) is 52.2 Å². The van der Waals surface area contributed by atoms with Gasteiger partial charge in [-0.3, -0.25) is 0 Å². The van der Waals surface area contributed by atoms with E-state index in [9.17, 15) is 0 Å². The molecule has 1 fully saturated rings. The van der Waals surface area contributed by atoms with Crippen LogP contribution in [0.2, 0.25) is 0 Å². The maximum atomic E-state index is 4.54. The number of nitrogens with one attached hydrogen (secondary N) is 1. The lowest BCUT2D eigenvalue weighted by Crippen LogP contribution is -2.44. The fourth-order valence-electron chi connectivity index (χ4n) is 2.54. The summed E-state index contributed by atoms with van der Waals surface area (Å²) in [6, 6.07) is 6.47. The number of aryl methyl sites for hydroxylation is 2. The van der Waals surface area contributed by atoms with Crippen LogP contribution in [0.3, 0.4) is 0 Å². The molecule has 0 aliphatic carbocycles. The number of rotatable bonds is 2. The highest BCUT2D eigenvalue weighted by Crippen LogP contribution is 2.24. The Hall–Kier alpha value is -1.94. The van der Waals surface area contributed by atoms with Crippen LogP contribution in [-0.4, -0.2) is 36.1 Å². The number of nitrogens with zero attached hydrogens (tertiary/aromatic N) is 3. The molecule has 0 spiro atoms. The summed E-state index contributed by atoms with van der Waals surface area (Å²) in [4.78, 5) is 11.3. The summed E-state index contributed by atoms with van der Waals surface area (Å²) in [6.07, 6.45) is 3.87. The van der Waals surface area contributed by atoms with Crippen LogP contribution in [0.15, 0.2) is 30.6 Å². The molecule has 20 heavy (non-hydrogen) atoms. The van der Waals surface area contributed by atoms with E-state index in [1.807, 2.05) is 12.4 Å². The van der Waals surface area contributed by atoms with Crippen LogP contribution < -0.4 is 10.2 Å². The standard InChI is InChI=1S/C16H20N4/c1-12-3-4-13(2)15(9-12)14-10-18-16(19-11-14)20-7-5-17-6-8-20/h3-4,9-11,17H,5-8H2,1-2H3. The van der Waals surface area contributed by atoms with Crippen molar-refractivity contribution in [1.29, 1.82) is 0 Å². The van der Waals surface area contributed by atoms with Crippen molar-refractivity contribution in [3.8, 4) is 11.1 Å². The normalized spacial score (nSPS) is 15.4. The molecule has 4 nitrogen and oxygen atoms in total. The summed E-state index contributed by atoms with van der Waals surface area (Å²) in [7, 11) is 0. The third-order valence-corrected chi connectivity index (χ3v) is 3.74. The number of aromatic nitrogens is 2. The van der Waals surface area contributed by atoms with E-state index in [4.69, 9.17) is 0 Å². The van der Waals surface area contributed by atoms with Gasteiger partial charge in [0.25, 0.3) is 0 Å². The zero-order valence-corrected chi connectivity index (χ0v) is 12.1. The van der Waals surface area contributed by atoms with Crippen molar-refractivity contribution in [3.63, 3.8) is 0 Å². The van der Waals surface area contributed by atoms with E-state index in [0.717, 1.165) is 37.7 Å². The molecule has 0 amide bonds. The van der Waals surface area contributed by atoms with Gasteiger partial charge in [-0.1, -0.05) is 23.8 Å². The second kappa shape index (κ2) is 5.59. The molecule has 0 unspecified atom stereocenters. The molecule has 4 heteroatoms.